The standard InChI is InChI=1S/C20H23N3O2S/c1-3-4-12-23-20(21,14-24)18(16-10-11-17(25-2)22-13-16)19(26-23)15-8-6-5-7-9-15/h5-11,13-14H,3-4,12,21H2,1-2H3. The number of aromatic nitrogens is 1. The summed E-state index contributed by atoms with van der Waals surface area (Å²) < 4.78 is 7.13. The summed E-state index contributed by atoms with van der Waals surface area (Å²) in [5.41, 5.74) is 8.10. The molecule has 1 atom stereocenters. The molecule has 0 saturated heterocycles. The van der Waals surface area contributed by atoms with E-state index in [2.05, 4.69) is 11.9 Å². The average Bonchev–Trinajstić information content (AvgIpc) is 3.00. The Morgan fingerprint density at radius 1 is 1.23 bits per heavy atom. The van der Waals surface area contributed by atoms with E-state index in [0.29, 0.717) is 5.88 Å². The summed E-state index contributed by atoms with van der Waals surface area (Å²) in [6, 6.07) is 13.7. The summed E-state index contributed by atoms with van der Waals surface area (Å²) in [5.74, 6) is 0.526. The lowest BCUT2D eigenvalue weighted by Crippen LogP contribution is -2.53. The lowest BCUT2D eigenvalue weighted by atomic mass is 9.92. The minimum Gasteiger partial charge on any atom is -0.481 e. The topological polar surface area (TPSA) is 68.4 Å². The SMILES string of the molecule is CCCCN1SC(c2ccccc2)=C(c2ccc(OC)nc2)C1(N)C=O. The van der Waals surface area contributed by atoms with E-state index in [1.54, 1.807) is 31.3 Å². The largest absolute Gasteiger partial charge is 0.481 e. The van der Waals surface area contributed by atoms with Crippen molar-refractivity contribution in [3.8, 4) is 5.88 Å². The monoisotopic (exact) mass is 369 g/mol. The first-order valence-electron chi connectivity index (χ1n) is 8.65. The van der Waals surface area contributed by atoms with Gasteiger partial charge in [0.2, 0.25) is 5.88 Å². The van der Waals surface area contributed by atoms with E-state index in [9.17, 15) is 4.79 Å². The molecular formula is C20H23N3O2S. The number of aldehydes is 1. The van der Waals surface area contributed by atoms with Gasteiger partial charge in [-0.2, -0.15) is 0 Å². The highest BCUT2D eigenvalue weighted by molar-refractivity contribution is 8.06. The van der Waals surface area contributed by atoms with Crippen LogP contribution in [0, 0.1) is 0 Å². The van der Waals surface area contributed by atoms with Crippen molar-refractivity contribution in [3.05, 3.63) is 59.8 Å². The number of hydrogen-bond acceptors (Lipinski definition) is 6. The molecule has 0 radical (unpaired) electrons. The molecule has 136 valence electrons. The molecule has 6 heteroatoms. The second-order valence-corrected chi connectivity index (χ2v) is 7.18. The van der Waals surface area contributed by atoms with Gasteiger partial charge in [-0.25, -0.2) is 9.29 Å². The number of carbonyl (C=O) groups is 1. The Morgan fingerprint density at radius 2 is 2.00 bits per heavy atom. The van der Waals surface area contributed by atoms with Crippen molar-refractivity contribution < 1.29 is 9.53 Å². The van der Waals surface area contributed by atoms with Crippen LogP contribution in [0.25, 0.3) is 10.5 Å². The van der Waals surface area contributed by atoms with Crippen LogP contribution < -0.4 is 10.5 Å². The lowest BCUT2D eigenvalue weighted by Gasteiger charge is -2.31. The number of hydrogen-bond donors (Lipinski definition) is 1. The van der Waals surface area contributed by atoms with Gasteiger partial charge in [-0.3, -0.25) is 4.79 Å². The summed E-state index contributed by atoms with van der Waals surface area (Å²) in [7, 11) is 1.58. The molecule has 1 aromatic carbocycles. The Kier molecular flexibility index (Phi) is 5.76. The van der Waals surface area contributed by atoms with Crippen LogP contribution in [-0.4, -0.2) is 34.9 Å². The normalized spacial score (nSPS) is 20.4. The molecule has 0 amide bonds. The second kappa shape index (κ2) is 8.03. The highest BCUT2D eigenvalue weighted by atomic mass is 32.2. The quantitative estimate of drug-likeness (QED) is 0.594. The van der Waals surface area contributed by atoms with Gasteiger partial charge in [-0.1, -0.05) is 43.7 Å². The zero-order valence-corrected chi connectivity index (χ0v) is 15.8. The maximum Gasteiger partial charge on any atom is 0.212 e. The summed E-state index contributed by atoms with van der Waals surface area (Å²) in [4.78, 5) is 17.4. The van der Waals surface area contributed by atoms with E-state index < -0.39 is 5.66 Å². The molecule has 3 rings (SSSR count). The maximum absolute atomic E-state index is 12.1. The van der Waals surface area contributed by atoms with Crippen LogP contribution in [0.4, 0.5) is 0 Å². The minimum atomic E-state index is -1.19. The molecule has 1 aliphatic rings. The summed E-state index contributed by atoms with van der Waals surface area (Å²) in [6.45, 7) is 2.86. The van der Waals surface area contributed by atoms with Gasteiger partial charge in [0.1, 0.15) is 0 Å². The fraction of sp³-hybridized carbons (Fsp3) is 0.300. The van der Waals surface area contributed by atoms with Gasteiger partial charge in [-0.05, 0) is 30.0 Å². The Bertz CT molecular complexity index is 792. The third-order valence-corrected chi connectivity index (χ3v) is 5.73. The molecule has 26 heavy (non-hydrogen) atoms. The molecule has 0 spiro atoms. The number of rotatable bonds is 7. The number of ether oxygens (including phenoxy) is 1. The van der Waals surface area contributed by atoms with E-state index in [0.717, 1.165) is 47.3 Å². The molecule has 0 aliphatic carbocycles. The first kappa shape index (κ1) is 18.6. The van der Waals surface area contributed by atoms with E-state index in [1.807, 2.05) is 40.7 Å². The van der Waals surface area contributed by atoms with Crippen LogP contribution in [0.3, 0.4) is 0 Å². The van der Waals surface area contributed by atoms with E-state index in [-0.39, 0.29) is 0 Å². The van der Waals surface area contributed by atoms with Crippen molar-refractivity contribution in [3.63, 3.8) is 0 Å². The third-order valence-electron chi connectivity index (χ3n) is 4.41. The predicted octanol–water partition coefficient (Wildman–Crippen LogP) is 3.58. The zero-order valence-electron chi connectivity index (χ0n) is 15.0. The van der Waals surface area contributed by atoms with Gasteiger partial charge in [0.05, 0.1) is 7.11 Å². The van der Waals surface area contributed by atoms with Gasteiger partial charge in [0.25, 0.3) is 0 Å². The molecule has 0 saturated carbocycles. The highest BCUT2D eigenvalue weighted by Gasteiger charge is 2.46. The van der Waals surface area contributed by atoms with Crippen molar-refractivity contribution >= 4 is 28.7 Å². The number of nitrogens with two attached hydrogens (primary N) is 1. The number of methoxy groups -OCH3 is 1. The fourth-order valence-corrected chi connectivity index (χ4v) is 4.33. The van der Waals surface area contributed by atoms with Gasteiger partial charge >= 0.3 is 0 Å². The molecule has 1 aliphatic heterocycles. The van der Waals surface area contributed by atoms with Crippen LogP contribution in [0.2, 0.25) is 0 Å². The fourth-order valence-electron chi connectivity index (χ4n) is 2.99. The molecular weight excluding hydrogens is 346 g/mol. The van der Waals surface area contributed by atoms with Crippen LogP contribution >= 0.6 is 11.9 Å². The summed E-state index contributed by atoms with van der Waals surface area (Å²) >= 11 is 1.55. The molecule has 1 unspecified atom stereocenters. The third kappa shape index (κ3) is 3.40. The second-order valence-electron chi connectivity index (χ2n) is 6.15. The van der Waals surface area contributed by atoms with Crippen molar-refractivity contribution in [1.29, 1.82) is 0 Å². The average molecular weight is 369 g/mol. The predicted molar refractivity (Wildman–Crippen MR) is 106 cm³/mol. The van der Waals surface area contributed by atoms with E-state index >= 15 is 0 Å². The Balaban J connectivity index is 2.13. The molecule has 2 aromatic rings. The number of pyridine rings is 1. The Hall–Kier alpha value is -2.15. The van der Waals surface area contributed by atoms with E-state index in [4.69, 9.17) is 10.5 Å². The zero-order chi connectivity index (χ0) is 18.6. The molecule has 5 nitrogen and oxygen atoms in total. The molecule has 2 heterocycles. The first-order valence-corrected chi connectivity index (χ1v) is 9.42. The molecule has 0 fully saturated rings. The van der Waals surface area contributed by atoms with E-state index in [1.165, 1.54) is 0 Å². The lowest BCUT2D eigenvalue weighted by molar-refractivity contribution is -0.113. The number of carbonyl (C=O) groups excluding carboxylic acids is 1. The Labute approximate surface area is 158 Å². The van der Waals surface area contributed by atoms with Gasteiger partial charge in [0, 0.05) is 34.8 Å². The smallest absolute Gasteiger partial charge is 0.212 e. The minimum absolute atomic E-state index is 0.526. The van der Waals surface area contributed by atoms with Crippen molar-refractivity contribution in [2.24, 2.45) is 5.73 Å². The number of benzene rings is 1. The number of unbranched alkanes of at least 4 members (excludes halogenated alkanes) is 1. The van der Waals surface area contributed by atoms with Gasteiger partial charge < -0.3 is 10.5 Å². The number of nitrogens with zero attached hydrogens (tertiary/aromatic N) is 2. The van der Waals surface area contributed by atoms with Crippen molar-refractivity contribution in [2.45, 2.75) is 25.4 Å². The molecule has 2 N–H and O–H groups in total. The van der Waals surface area contributed by atoms with Gasteiger partial charge in [0.15, 0.2) is 11.9 Å². The van der Waals surface area contributed by atoms with Crippen LogP contribution in [-0.2, 0) is 4.79 Å². The van der Waals surface area contributed by atoms with Crippen molar-refractivity contribution in [1.82, 2.24) is 9.29 Å². The highest BCUT2D eigenvalue weighted by Crippen LogP contribution is 2.50. The van der Waals surface area contributed by atoms with Crippen LogP contribution in [0.5, 0.6) is 5.88 Å². The molecule has 1 aromatic heterocycles. The Morgan fingerprint density at radius 3 is 2.58 bits per heavy atom. The summed E-state index contributed by atoms with van der Waals surface area (Å²) in [6.07, 6.45) is 4.55. The van der Waals surface area contributed by atoms with Crippen molar-refractivity contribution in [2.75, 3.05) is 13.7 Å². The van der Waals surface area contributed by atoms with Crippen LogP contribution in [0.15, 0.2) is 48.7 Å². The first-order chi connectivity index (χ1) is 12.6. The maximum atomic E-state index is 12.1. The van der Waals surface area contributed by atoms with Crippen LogP contribution in [0.1, 0.15) is 30.9 Å². The molecule has 0 bridgehead atoms. The van der Waals surface area contributed by atoms with Gasteiger partial charge in [-0.15, -0.1) is 0 Å². The summed E-state index contributed by atoms with van der Waals surface area (Å²) in [5, 5.41) is 0.